The second-order valence-electron chi connectivity index (χ2n) is 4.58. The van der Waals surface area contributed by atoms with Crippen LogP contribution in [0.15, 0.2) is 48.5 Å². The van der Waals surface area contributed by atoms with Gasteiger partial charge in [-0.05, 0) is 49.4 Å². The van der Waals surface area contributed by atoms with Crippen molar-refractivity contribution < 1.29 is 9.53 Å². The number of anilines is 1. The van der Waals surface area contributed by atoms with E-state index in [2.05, 4.69) is 5.32 Å². The standard InChI is InChI=1S/C17H13N3O2/c1-12(22-16-7-5-13(10-18)6-8-16)17(21)20-15-4-2-3-14(9-15)11-19/h2-9,12H,1H3,(H,20,21)/t12-/m0/s1. The Morgan fingerprint density at radius 2 is 1.77 bits per heavy atom. The second-order valence-corrected chi connectivity index (χ2v) is 4.58. The van der Waals surface area contributed by atoms with Gasteiger partial charge in [0, 0.05) is 5.69 Å². The van der Waals surface area contributed by atoms with E-state index >= 15 is 0 Å². The molecular formula is C17H13N3O2. The van der Waals surface area contributed by atoms with Gasteiger partial charge in [0.2, 0.25) is 0 Å². The zero-order valence-corrected chi connectivity index (χ0v) is 11.9. The molecule has 2 rings (SSSR count). The molecule has 1 N–H and O–H groups in total. The van der Waals surface area contributed by atoms with Gasteiger partial charge in [0.25, 0.3) is 5.91 Å². The van der Waals surface area contributed by atoms with E-state index in [1.807, 2.05) is 12.1 Å². The number of ether oxygens (including phenoxy) is 1. The Morgan fingerprint density at radius 1 is 1.09 bits per heavy atom. The van der Waals surface area contributed by atoms with Crippen LogP contribution in [0.25, 0.3) is 0 Å². The number of carbonyl (C=O) groups is 1. The molecule has 1 amide bonds. The predicted octanol–water partition coefficient (Wildman–Crippen LogP) is 2.84. The molecule has 1 atom stereocenters. The fourth-order valence-corrected chi connectivity index (χ4v) is 1.78. The van der Waals surface area contributed by atoms with Gasteiger partial charge in [-0.25, -0.2) is 0 Å². The van der Waals surface area contributed by atoms with Gasteiger partial charge < -0.3 is 10.1 Å². The molecule has 5 nitrogen and oxygen atoms in total. The molecule has 0 aromatic heterocycles. The number of nitrogens with zero attached hydrogens (tertiary/aromatic N) is 2. The van der Waals surface area contributed by atoms with Crippen LogP contribution in [0.2, 0.25) is 0 Å². The van der Waals surface area contributed by atoms with Crippen molar-refractivity contribution in [2.45, 2.75) is 13.0 Å². The summed E-state index contributed by atoms with van der Waals surface area (Å²) >= 11 is 0. The highest BCUT2D eigenvalue weighted by atomic mass is 16.5. The maximum Gasteiger partial charge on any atom is 0.265 e. The van der Waals surface area contributed by atoms with Crippen LogP contribution >= 0.6 is 0 Å². The van der Waals surface area contributed by atoms with Crippen molar-refractivity contribution in [1.82, 2.24) is 0 Å². The van der Waals surface area contributed by atoms with E-state index < -0.39 is 6.10 Å². The summed E-state index contributed by atoms with van der Waals surface area (Å²) in [7, 11) is 0. The van der Waals surface area contributed by atoms with Gasteiger partial charge in [0.15, 0.2) is 6.10 Å². The van der Waals surface area contributed by atoms with Gasteiger partial charge in [0.05, 0.1) is 23.3 Å². The Hall–Kier alpha value is -3.31. The minimum absolute atomic E-state index is 0.320. The van der Waals surface area contributed by atoms with Gasteiger partial charge >= 0.3 is 0 Å². The fraction of sp³-hybridized carbons (Fsp3) is 0.118. The van der Waals surface area contributed by atoms with Crippen molar-refractivity contribution in [2.75, 3.05) is 5.32 Å². The van der Waals surface area contributed by atoms with E-state index in [0.717, 1.165) is 0 Å². The summed E-state index contributed by atoms with van der Waals surface area (Å²) in [5.74, 6) is 0.187. The van der Waals surface area contributed by atoms with Crippen molar-refractivity contribution in [3.8, 4) is 17.9 Å². The number of carbonyl (C=O) groups excluding carboxylic acids is 1. The maximum absolute atomic E-state index is 12.1. The Labute approximate surface area is 128 Å². The van der Waals surface area contributed by atoms with Crippen LogP contribution in [-0.2, 0) is 4.79 Å². The molecule has 0 bridgehead atoms. The predicted molar refractivity (Wildman–Crippen MR) is 81.0 cm³/mol. The molecule has 0 aliphatic carbocycles. The highest BCUT2D eigenvalue weighted by Gasteiger charge is 2.15. The van der Waals surface area contributed by atoms with Crippen molar-refractivity contribution in [2.24, 2.45) is 0 Å². The minimum Gasteiger partial charge on any atom is -0.481 e. The lowest BCUT2D eigenvalue weighted by Gasteiger charge is -2.14. The molecule has 0 aliphatic rings. The zero-order chi connectivity index (χ0) is 15.9. The largest absolute Gasteiger partial charge is 0.481 e. The number of nitrogens with one attached hydrogen (secondary N) is 1. The van der Waals surface area contributed by atoms with E-state index in [1.54, 1.807) is 55.5 Å². The first-order chi connectivity index (χ1) is 10.6. The average Bonchev–Trinajstić information content (AvgIpc) is 2.55. The molecule has 2 aromatic carbocycles. The molecule has 5 heteroatoms. The van der Waals surface area contributed by atoms with Crippen LogP contribution in [-0.4, -0.2) is 12.0 Å². The summed E-state index contributed by atoms with van der Waals surface area (Å²) in [4.78, 5) is 12.1. The average molecular weight is 291 g/mol. The number of rotatable bonds is 4. The van der Waals surface area contributed by atoms with E-state index in [4.69, 9.17) is 15.3 Å². The second kappa shape index (κ2) is 6.92. The third-order valence-electron chi connectivity index (χ3n) is 2.92. The topological polar surface area (TPSA) is 85.9 Å². The molecule has 108 valence electrons. The number of nitriles is 2. The summed E-state index contributed by atoms with van der Waals surface area (Å²) in [6.45, 7) is 1.63. The lowest BCUT2D eigenvalue weighted by molar-refractivity contribution is -0.122. The molecule has 2 aromatic rings. The van der Waals surface area contributed by atoms with E-state index in [9.17, 15) is 4.79 Å². The van der Waals surface area contributed by atoms with Crippen LogP contribution in [0.5, 0.6) is 5.75 Å². The maximum atomic E-state index is 12.1. The number of benzene rings is 2. The first kappa shape index (κ1) is 15.1. The Balaban J connectivity index is 1.99. The number of amides is 1. The first-order valence-corrected chi connectivity index (χ1v) is 6.60. The molecule has 0 radical (unpaired) electrons. The number of hydrogen-bond acceptors (Lipinski definition) is 4. The van der Waals surface area contributed by atoms with Gasteiger partial charge in [-0.15, -0.1) is 0 Å². The van der Waals surface area contributed by atoms with Crippen LogP contribution in [0, 0.1) is 22.7 Å². The molecule has 0 spiro atoms. The SMILES string of the molecule is C[C@H](Oc1ccc(C#N)cc1)C(=O)Nc1cccc(C#N)c1. The smallest absolute Gasteiger partial charge is 0.265 e. The number of hydrogen-bond donors (Lipinski definition) is 1. The van der Waals surface area contributed by atoms with Crippen molar-refractivity contribution in [1.29, 1.82) is 10.5 Å². The Morgan fingerprint density at radius 3 is 2.41 bits per heavy atom. The van der Waals surface area contributed by atoms with Gasteiger partial charge in [-0.3, -0.25) is 4.79 Å². The van der Waals surface area contributed by atoms with E-state index in [1.165, 1.54) is 0 Å². The van der Waals surface area contributed by atoms with Crippen LogP contribution < -0.4 is 10.1 Å². The lowest BCUT2D eigenvalue weighted by atomic mass is 10.2. The molecule has 0 saturated heterocycles. The van der Waals surface area contributed by atoms with Crippen LogP contribution in [0.1, 0.15) is 18.1 Å². The Kier molecular flexibility index (Phi) is 4.74. The molecule has 0 fully saturated rings. The Bertz CT molecular complexity index is 755. The summed E-state index contributed by atoms with van der Waals surface area (Å²) in [5.41, 5.74) is 1.54. The summed E-state index contributed by atoms with van der Waals surface area (Å²) in [6, 6.07) is 17.2. The van der Waals surface area contributed by atoms with Crippen molar-refractivity contribution in [3.05, 3.63) is 59.7 Å². The third kappa shape index (κ3) is 3.84. The molecule has 0 saturated carbocycles. The third-order valence-corrected chi connectivity index (χ3v) is 2.92. The van der Waals surface area contributed by atoms with Crippen molar-refractivity contribution >= 4 is 11.6 Å². The molecule has 22 heavy (non-hydrogen) atoms. The van der Waals surface area contributed by atoms with Gasteiger partial charge in [-0.1, -0.05) is 6.07 Å². The monoisotopic (exact) mass is 291 g/mol. The summed E-state index contributed by atoms with van der Waals surface area (Å²) < 4.78 is 5.52. The van der Waals surface area contributed by atoms with E-state index in [0.29, 0.717) is 22.6 Å². The highest BCUT2D eigenvalue weighted by Crippen LogP contribution is 2.15. The highest BCUT2D eigenvalue weighted by molar-refractivity contribution is 5.94. The minimum atomic E-state index is -0.710. The van der Waals surface area contributed by atoms with Crippen LogP contribution in [0.3, 0.4) is 0 Å². The van der Waals surface area contributed by atoms with Gasteiger partial charge in [-0.2, -0.15) is 10.5 Å². The van der Waals surface area contributed by atoms with Gasteiger partial charge in [0.1, 0.15) is 5.75 Å². The van der Waals surface area contributed by atoms with Crippen molar-refractivity contribution in [3.63, 3.8) is 0 Å². The van der Waals surface area contributed by atoms with Crippen LogP contribution in [0.4, 0.5) is 5.69 Å². The molecule has 0 aliphatic heterocycles. The molecular weight excluding hydrogens is 278 g/mol. The molecule has 0 unspecified atom stereocenters. The summed E-state index contributed by atoms with van der Waals surface area (Å²) in [5, 5.41) is 20.3. The lowest BCUT2D eigenvalue weighted by Crippen LogP contribution is -2.30. The zero-order valence-electron chi connectivity index (χ0n) is 11.9. The summed E-state index contributed by atoms with van der Waals surface area (Å²) in [6.07, 6.45) is -0.710. The fourth-order valence-electron chi connectivity index (χ4n) is 1.78. The molecule has 0 heterocycles. The van der Waals surface area contributed by atoms with E-state index in [-0.39, 0.29) is 5.91 Å². The quantitative estimate of drug-likeness (QED) is 0.938. The first-order valence-electron chi connectivity index (χ1n) is 6.60. The normalized spacial score (nSPS) is 10.9.